The van der Waals surface area contributed by atoms with Gasteiger partial charge in [-0.3, -0.25) is 9.36 Å². The van der Waals surface area contributed by atoms with E-state index in [0.29, 0.717) is 40.2 Å². The van der Waals surface area contributed by atoms with Crippen LogP contribution in [-0.4, -0.2) is 39.6 Å². The fourth-order valence-electron chi connectivity index (χ4n) is 4.38. The molecule has 4 aromatic rings. The largest absolute Gasteiger partial charge is 0.462 e. The molecular formula is C30H32N4O4. The third-order valence-corrected chi connectivity index (χ3v) is 6.64. The number of nitrogens with one attached hydrogen (secondary N) is 1. The maximum absolute atomic E-state index is 13.7. The summed E-state index contributed by atoms with van der Waals surface area (Å²) in [4.78, 5) is 45.5. The van der Waals surface area contributed by atoms with Crippen LogP contribution >= 0.6 is 0 Å². The van der Waals surface area contributed by atoms with Crippen molar-refractivity contribution in [2.75, 3.05) is 18.5 Å². The molecule has 0 saturated carbocycles. The second-order valence-electron chi connectivity index (χ2n) is 9.09. The molecule has 0 fully saturated rings. The van der Waals surface area contributed by atoms with Crippen LogP contribution < -0.4 is 10.9 Å². The van der Waals surface area contributed by atoms with Crippen LogP contribution in [0.2, 0.25) is 0 Å². The summed E-state index contributed by atoms with van der Waals surface area (Å²) in [6.45, 7) is 10.2. The van der Waals surface area contributed by atoms with Gasteiger partial charge in [0.05, 0.1) is 34.8 Å². The number of hydrogen-bond donors (Lipinski definition) is 1. The van der Waals surface area contributed by atoms with Crippen LogP contribution in [-0.2, 0) is 4.74 Å². The number of carbonyl (C=O) groups is 2. The Hall–Kier alpha value is -4.46. The fourth-order valence-corrected chi connectivity index (χ4v) is 4.38. The number of aryl methyl sites for hydroxylation is 2. The molecule has 1 atom stereocenters. The molecule has 3 aromatic carbocycles. The Balaban J connectivity index is 1.71. The van der Waals surface area contributed by atoms with Gasteiger partial charge in [-0.1, -0.05) is 18.2 Å². The summed E-state index contributed by atoms with van der Waals surface area (Å²) >= 11 is 0. The molecule has 196 valence electrons. The monoisotopic (exact) mass is 512 g/mol. The van der Waals surface area contributed by atoms with Crippen molar-refractivity contribution in [1.29, 1.82) is 0 Å². The van der Waals surface area contributed by atoms with Crippen LogP contribution in [0.25, 0.3) is 16.6 Å². The van der Waals surface area contributed by atoms with Crippen LogP contribution in [0.15, 0.2) is 71.5 Å². The minimum atomic E-state index is -0.530. The highest BCUT2D eigenvalue weighted by Crippen LogP contribution is 2.25. The number of ether oxygens (including phenoxy) is 1. The molecular weight excluding hydrogens is 480 g/mol. The average molecular weight is 513 g/mol. The lowest BCUT2D eigenvalue weighted by molar-refractivity contribution is 0.0526. The Morgan fingerprint density at radius 2 is 1.71 bits per heavy atom. The predicted octanol–water partition coefficient (Wildman–Crippen LogP) is 5.79. The minimum Gasteiger partial charge on any atom is -0.462 e. The Morgan fingerprint density at radius 3 is 2.37 bits per heavy atom. The Bertz CT molecular complexity index is 1540. The maximum atomic E-state index is 13.7. The van der Waals surface area contributed by atoms with E-state index in [-0.39, 0.29) is 18.2 Å². The van der Waals surface area contributed by atoms with Gasteiger partial charge in [-0.25, -0.2) is 14.6 Å². The lowest BCUT2D eigenvalue weighted by Crippen LogP contribution is -2.39. The molecule has 1 unspecified atom stereocenters. The van der Waals surface area contributed by atoms with E-state index in [2.05, 4.69) is 5.32 Å². The van der Waals surface area contributed by atoms with Crippen molar-refractivity contribution in [3.63, 3.8) is 0 Å². The van der Waals surface area contributed by atoms with Crippen molar-refractivity contribution in [2.45, 2.75) is 40.7 Å². The molecule has 0 saturated heterocycles. The lowest BCUT2D eigenvalue weighted by atomic mass is 10.1. The number of benzene rings is 3. The van der Waals surface area contributed by atoms with Gasteiger partial charge in [-0.15, -0.1) is 0 Å². The van der Waals surface area contributed by atoms with Crippen molar-refractivity contribution in [3.05, 3.63) is 99.6 Å². The zero-order chi connectivity index (χ0) is 27.4. The van der Waals surface area contributed by atoms with Crippen LogP contribution in [0.4, 0.5) is 10.5 Å². The van der Waals surface area contributed by atoms with Gasteiger partial charge >= 0.3 is 12.0 Å². The van der Waals surface area contributed by atoms with Gasteiger partial charge in [0, 0.05) is 12.2 Å². The highest BCUT2D eigenvalue weighted by molar-refractivity contribution is 5.92. The molecule has 0 aliphatic carbocycles. The van der Waals surface area contributed by atoms with Crippen molar-refractivity contribution >= 4 is 28.6 Å². The van der Waals surface area contributed by atoms with Crippen LogP contribution in [0.3, 0.4) is 0 Å². The van der Waals surface area contributed by atoms with E-state index in [0.717, 1.165) is 11.1 Å². The first kappa shape index (κ1) is 26.6. The Labute approximate surface area is 221 Å². The van der Waals surface area contributed by atoms with Crippen molar-refractivity contribution < 1.29 is 14.3 Å². The molecule has 0 spiro atoms. The average Bonchev–Trinajstić information content (AvgIpc) is 2.91. The van der Waals surface area contributed by atoms with Gasteiger partial charge in [-0.05, 0) is 94.3 Å². The van der Waals surface area contributed by atoms with Crippen molar-refractivity contribution in [3.8, 4) is 5.69 Å². The first-order valence-corrected chi connectivity index (χ1v) is 12.7. The topological polar surface area (TPSA) is 93.5 Å². The molecule has 2 amide bonds. The van der Waals surface area contributed by atoms with Crippen LogP contribution in [0, 0.1) is 13.8 Å². The van der Waals surface area contributed by atoms with Gasteiger partial charge in [0.25, 0.3) is 5.56 Å². The molecule has 4 rings (SSSR count). The van der Waals surface area contributed by atoms with Crippen molar-refractivity contribution in [2.24, 2.45) is 0 Å². The van der Waals surface area contributed by atoms with Gasteiger partial charge in [0.15, 0.2) is 0 Å². The predicted molar refractivity (Wildman–Crippen MR) is 149 cm³/mol. The van der Waals surface area contributed by atoms with Gasteiger partial charge in [0.1, 0.15) is 5.82 Å². The second-order valence-corrected chi connectivity index (χ2v) is 9.09. The highest BCUT2D eigenvalue weighted by Gasteiger charge is 2.26. The number of urea groups is 1. The molecule has 0 bridgehead atoms. The number of carbonyl (C=O) groups excluding carboxylic acids is 2. The fraction of sp³-hybridized carbons (Fsp3) is 0.267. The van der Waals surface area contributed by atoms with Gasteiger partial charge in [-0.2, -0.15) is 0 Å². The molecule has 8 nitrogen and oxygen atoms in total. The normalized spacial score (nSPS) is 11.7. The molecule has 38 heavy (non-hydrogen) atoms. The number of esters is 1. The van der Waals surface area contributed by atoms with E-state index in [9.17, 15) is 14.4 Å². The van der Waals surface area contributed by atoms with E-state index < -0.39 is 12.0 Å². The van der Waals surface area contributed by atoms with E-state index in [4.69, 9.17) is 9.72 Å². The van der Waals surface area contributed by atoms with Crippen LogP contribution in [0.5, 0.6) is 0 Å². The molecule has 0 radical (unpaired) electrons. The molecule has 0 aliphatic rings. The third-order valence-electron chi connectivity index (χ3n) is 6.64. The minimum absolute atomic E-state index is 0.188. The number of fused-ring (bicyclic) bond motifs is 1. The van der Waals surface area contributed by atoms with Gasteiger partial charge < -0.3 is 15.0 Å². The molecule has 1 aromatic heterocycles. The molecule has 1 heterocycles. The summed E-state index contributed by atoms with van der Waals surface area (Å²) < 4.78 is 6.62. The number of rotatable bonds is 7. The number of anilines is 1. The first-order chi connectivity index (χ1) is 18.2. The zero-order valence-electron chi connectivity index (χ0n) is 22.3. The molecule has 8 heteroatoms. The molecule has 0 aliphatic heterocycles. The summed E-state index contributed by atoms with van der Waals surface area (Å²) in [5.41, 5.74) is 4.20. The number of para-hydroxylation sites is 1. The summed E-state index contributed by atoms with van der Waals surface area (Å²) in [5, 5.41) is 3.40. The van der Waals surface area contributed by atoms with Gasteiger partial charge in [0.2, 0.25) is 0 Å². The van der Waals surface area contributed by atoms with E-state index >= 15 is 0 Å². The Kier molecular flexibility index (Phi) is 7.90. The van der Waals surface area contributed by atoms with E-state index in [1.807, 2.05) is 58.0 Å². The summed E-state index contributed by atoms with van der Waals surface area (Å²) in [5.74, 6) is 0.0486. The second kappa shape index (κ2) is 11.3. The van der Waals surface area contributed by atoms with E-state index in [1.54, 1.807) is 52.8 Å². The SMILES string of the molecule is CCOC(=O)c1ccc(NC(=O)N(CC)C(C)c2nc3ccccc3c(=O)n2-c2ccc(C)c(C)c2)cc1. The highest BCUT2D eigenvalue weighted by atomic mass is 16.5. The standard InChI is InChI=1S/C30H32N4O4/c1-6-33(30(37)31-23-15-13-22(14-16-23)29(36)38-7-2)21(5)27-32-26-11-9-8-10-25(26)28(35)34(27)24-17-12-19(3)20(4)18-24/h8-18,21H,6-7H2,1-5H3,(H,31,37). The number of amides is 2. The summed E-state index contributed by atoms with van der Waals surface area (Å²) in [7, 11) is 0. The lowest BCUT2D eigenvalue weighted by Gasteiger charge is -2.29. The van der Waals surface area contributed by atoms with Crippen molar-refractivity contribution in [1.82, 2.24) is 14.5 Å². The van der Waals surface area contributed by atoms with Crippen LogP contribution in [0.1, 0.15) is 54.1 Å². The number of hydrogen-bond acceptors (Lipinski definition) is 5. The maximum Gasteiger partial charge on any atom is 0.338 e. The smallest absolute Gasteiger partial charge is 0.338 e. The zero-order valence-corrected chi connectivity index (χ0v) is 22.3. The number of aromatic nitrogens is 2. The Morgan fingerprint density at radius 1 is 1.00 bits per heavy atom. The quantitative estimate of drug-likeness (QED) is 0.316. The summed E-state index contributed by atoms with van der Waals surface area (Å²) in [6, 6.07) is 18.7. The van der Waals surface area contributed by atoms with E-state index in [1.165, 1.54) is 0 Å². The third kappa shape index (κ3) is 5.29. The summed E-state index contributed by atoms with van der Waals surface area (Å²) in [6.07, 6.45) is 0. The first-order valence-electron chi connectivity index (χ1n) is 12.7. The molecule has 1 N–H and O–H groups in total. The number of nitrogens with zero attached hydrogens (tertiary/aromatic N) is 3.